The minimum absolute atomic E-state index is 0.0554. The third kappa shape index (κ3) is 5.41. The first kappa shape index (κ1) is 27.0. The van der Waals surface area contributed by atoms with Crippen molar-refractivity contribution in [3.8, 4) is 11.1 Å². The van der Waals surface area contributed by atoms with Crippen LogP contribution in [0.15, 0.2) is 84.0 Å². The first-order valence-electron chi connectivity index (χ1n) is 11.6. The van der Waals surface area contributed by atoms with Gasteiger partial charge in [0.05, 0.1) is 27.8 Å². The smallest absolute Gasteiger partial charge is 0.265 e. The maximum absolute atomic E-state index is 13.7. The number of nitrogen functional groups attached to an aromatic ring is 1. The summed E-state index contributed by atoms with van der Waals surface area (Å²) >= 11 is 6.52. The molecule has 4 aromatic rings. The monoisotopic (exact) mass is 579 g/mol. The van der Waals surface area contributed by atoms with Gasteiger partial charge in [-0.2, -0.15) is 0 Å². The van der Waals surface area contributed by atoms with Crippen LogP contribution in [0.25, 0.3) is 16.8 Å². The van der Waals surface area contributed by atoms with Gasteiger partial charge in [-0.3, -0.25) is 20.5 Å². The summed E-state index contributed by atoms with van der Waals surface area (Å²) in [7, 11) is -3.98. The number of benzene rings is 3. The minimum atomic E-state index is -3.98. The number of nitrogens with two attached hydrogens (primary N) is 2. The Labute approximate surface area is 233 Å². The molecule has 0 spiro atoms. The van der Waals surface area contributed by atoms with Gasteiger partial charge in [-0.25, -0.2) is 18.2 Å². The summed E-state index contributed by atoms with van der Waals surface area (Å²) in [6.45, 7) is -0.0911. The SMILES string of the molecule is N=C(N)c1cccc(C2=CC(Cn3cnnn3)(C(=O)Nc3ccc(-c4ccccc4S(N)(=O)=O)cc3Cl)ON2)c1. The van der Waals surface area contributed by atoms with E-state index < -0.39 is 21.5 Å². The van der Waals surface area contributed by atoms with Crippen molar-refractivity contribution in [1.29, 1.82) is 5.41 Å². The second-order valence-corrected chi connectivity index (χ2v) is 10.8. The summed E-state index contributed by atoms with van der Waals surface area (Å²) in [6, 6.07) is 17.8. The van der Waals surface area contributed by atoms with Crippen LogP contribution in [0.3, 0.4) is 0 Å². The van der Waals surface area contributed by atoms with Gasteiger partial charge in [0.1, 0.15) is 12.2 Å². The third-order valence-corrected chi connectivity index (χ3v) is 7.38. The molecule has 0 bridgehead atoms. The molecule has 0 aliphatic carbocycles. The Morgan fingerprint density at radius 1 is 1.12 bits per heavy atom. The fourth-order valence-corrected chi connectivity index (χ4v) is 5.14. The molecule has 40 heavy (non-hydrogen) atoms. The molecule has 15 heteroatoms. The number of primary sulfonamides is 1. The molecule has 1 aromatic heterocycles. The molecule has 0 saturated heterocycles. The molecule has 1 atom stereocenters. The maximum Gasteiger partial charge on any atom is 0.265 e. The van der Waals surface area contributed by atoms with E-state index in [1.54, 1.807) is 60.7 Å². The van der Waals surface area contributed by atoms with Gasteiger partial charge >= 0.3 is 0 Å². The molecule has 2 heterocycles. The number of carbonyl (C=O) groups is 1. The van der Waals surface area contributed by atoms with Gasteiger partial charge < -0.3 is 11.1 Å². The number of amidine groups is 1. The Bertz CT molecular complexity index is 1760. The number of hydrogen-bond acceptors (Lipinski definition) is 9. The van der Waals surface area contributed by atoms with E-state index in [4.69, 9.17) is 32.7 Å². The number of rotatable bonds is 8. The van der Waals surface area contributed by atoms with E-state index in [1.165, 1.54) is 23.1 Å². The molecular formula is C25H22ClN9O4S. The molecule has 3 aromatic carbocycles. The quantitative estimate of drug-likeness (QED) is 0.152. The van der Waals surface area contributed by atoms with Gasteiger partial charge in [0.15, 0.2) is 0 Å². The molecule has 13 nitrogen and oxygen atoms in total. The fraction of sp³-hybridized carbons (Fsp3) is 0.0800. The predicted octanol–water partition coefficient (Wildman–Crippen LogP) is 1.88. The van der Waals surface area contributed by atoms with Crippen LogP contribution in [0.4, 0.5) is 5.69 Å². The van der Waals surface area contributed by atoms with Crippen molar-refractivity contribution >= 4 is 44.8 Å². The lowest BCUT2D eigenvalue weighted by molar-refractivity contribution is -0.140. The highest BCUT2D eigenvalue weighted by Gasteiger charge is 2.44. The largest absolute Gasteiger partial charge is 0.384 e. The van der Waals surface area contributed by atoms with E-state index in [9.17, 15) is 13.2 Å². The van der Waals surface area contributed by atoms with Gasteiger partial charge in [-0.1, -0.05) is 54.1 Å². The lowest BCUT2D eigenvalue weighted by Gasteiger charge is -2.24. The van der Waals surface area contributed by atoms with Crippen LogP contribution >= 0.6 is 11.6 Å². The highest BCUT2D eigenvalue weighted by atomic mass is 35.5. The molecular weight excluding hydrogens is 558 g/mol. The highest BCUT2D eigenvalue weighted by Crippen LogP contribution is 2.34. The number of nitrogens with zero attached hydrogens (tertiary/aromatic N) is 4. The molecule has 0 fully saturated rings. The second kappa shape index (κ2) is 10.5. The lowest BCUT2D eigenvalue weighted by atomic mass is 9.98. The molecule has 0 radical (unpaired) electrons. The third-order valence-electron chi connectivity index (χ3n) is 6.10. The van der Waals surface area contributed by atoms with Crippen LogP contribution in [0, 0.1) is 5.41 Å². The average molecular weight is 580 g/mol. The van der Waals surface area contributed by atoms with E-state index in [0.717, 1.165) is 0 Å². The molecule has 1 aliphatic rings. The Balaban J connectivity index is 1.47. The van der Waals surface area contributed by atoms with Crippen LogP contribution in [0.1, 0.15) is 11.1 Å². The number of carbonyl (C=O) groups excluding carboxylic acids is 1. The number of sulfonamides is 1. The molecule has 5 rings (SSSR count). The van der Waals surface area contributed by atoms with E-state index in [-0.39, 0.29) is 28.0 Å². The number of tetrazole rings is 1. The molecule has 1 aliphatic heterocycles. The Kier molecular flexibility index (Phi) is 7.08. The number of hydroxylamine groups is 1. The first-order valence-corrected chi connectivity index (χ1v) is 13.5. The summed E-state index contributed by atoms with van der Waals surface area (Å²) in [5.41, 5.74) is 9.50. The minimum Gasteiger partial charge on any atom is -0.384 e. The molecule has 1 amide bonds. The van der Waals surface area contributed by atoms with Crippen LogP contribution in [-0.2, 0) is 26.2 Å². The molecule has 0 saturated carbocycles. The van der Waals surface area contributed by atoms with Crippen molar-refractivity contribution in [2.24, 2.45) is 10.9 Å². The first-order chi connectivity index (χ1) is 19.1. The standard InChI is InChI=1S/C25H22ClN9O4S/c26-19-11-15(18-6-1-2-7-22(18)40(29,37)38)8-9-20(19)31-24(36)25(13-35-14-30-33-34-35)12-21(32-39-25)16-4-3-5-17(10-16)23(27)28/h1-12,14,32H,13H2,(H3,27,28)(H,31,36)(H2,29,37,38). The van der Waals surface area contributed by atoms with Crippen molar-refractivity contribution in [1.82, 2.24) is 25.7 Å². The van der Waals surface area contributed by atoms with Crippen molar-refractivity contribution in [2.75, 3.05) is 5.32 Å². The van der Waals surface area contributed by atoms with E-state index in [2.05, 4.69) is 26.3 Å². The second-order valence-electron chi connectivity index (χ2n) is 8.84. The highest BCUT2D eigenvalue weighted by molar-refractivity contribution is 7.89. The zero-order chi connectivity index (χ0) is 28.5. The van der Waals surface area contributed by atoms with Crippen LogP contribution in [-0.4, -0.2) is 46.0 Å². The van der Waals surface area contributed by atoms with E-state index in [1.807, 2.05) is 0 Å². The summed E-state index contributed by atoms with van der Waals surface area (Å²) in [4.78, 5) is 19.5. The predicted molar refractivity (Wildman–Crippen MR) is 147 cm³/mol. The Hall–Kier alpha value is -4.63. The summed E-state index contributed by atoms with van der Waals surface area (Å²) in [6.07, 6.45) is 2.92. The van der Waals surface area contributed by atoms with E-state index >= 15 is 0 Å². The van der Waals surface area contributed by atoms with Crippen molar-refractivity contribution in [3.63, 3.8) is 0 Å². The number of nitrogens with one attached hydrogen (secondary N) is 3. The zero-order valence-corrected chi connectivity index (χ0v) is 22.1. The van der Waals surface area contributed by atoms with E-state index in [0.29, 0.717) is 28.0 Å². The maximum atomic E-state index is 13.7. The van der Waals surface area contributed by atoms with Gasteiger partial charge in [0.25, 0.3) is 5.91 Å². The number of amides is 1. The fourth-order valence-electron chi connectivity index (χ4n) is 4.15. The van der Waals surface area contributed by atoms with Crippen molar-refractivity contribution in [3.05, 3.63) is 95.3 Å². The van der Waals surface area contributed by atoms with Crippen LogP contribution in [0.2, 0.25) is 5.02 Å². The molecule has 7 N–H and O–H groups in total. The summed E-state index contributed by atoms with van der Waals surface area (Å²) in [5, 5.41) is 27.1. The van der Waals surface area contributed by atoms with Gasteiger partial charge in [0.2, 0.25) is 15.6 Å². The van der Waals surface area contributed by atoms with Crippen molar-refractivity contribution in [2.45, 2.75) is 17.0 Å². The topological polar surface area (TPSA) is 204 Å². The van der Waals surface area contributed by atoms with Gasteiger partial charge in [-0.15, -0.1) is 5.10 Å². The number of aromatic nitrogens is 4. The van der Waals surface area contributed by atoms with Crippen LogP contribution < -0.4 is 21.7 Å². The molecule has 1 unspecified atom stereocenters. The number of anilines is 1. The zero-order valence-electron chi connectivity index (χ0n) is 20.6. The molecule has 204 valence electrons. The van der Waals surface area contributed by atoms with Gasteiger partial charge in [0, 0.05) is 16.7 Å². The average Bonchev–Trinajstić information content (AvgIpc) is 3.60. The van der Waals surface area contributed by atoms with Crippen LogP contribution in [0.5, 0.6) is 0 Å². The summed E-state index contributed by atoms with van der Waals surface area (Å²) in [5.74, 6) is -0.698. The Morgan fingerprint density at radius 3 is 2.62 bits per heavy atom. The normalized spacial score (nSPS) is 16.7. The summed E-state index contributed by atoms with van der Waals surface area (Å²) < 4.78 is 25.4. The number of halogens is 1. The van der Waals surface area contributed by atoms with Gasteiger partial charge in [-0.05, 0) is 46.3 Å². The number of hydrogen-bond donors (Lipinski definition) is 5. The van der Waals surface area contributed by atoms with Crippen molar-refractivity contribution < 1.29 is 18.0 Å². The Morgan fingerprint density at radius 2 is 1.93 bits per heavy atom. The lowest BCUT2D eigenvalue weighted by Crippen LogP contribution is -2.47.